The fourth-order valence-electron chi connectivity index (χ4n) is 3.34. The van der Waals surface area contributed by atoms with Crippen LogP contribution in [0.5, 0.6) is 5.75 Å². The van der Waals surface area contributed by atoms with Crippen molar-refractivity contribution in [3.05, 3.63) is 62.2 Å². The van der Waals surface area contributed by atoms with Crippen LogP contribution in [0.4, 0.5) is 0 Å². The lowest BCUT2D eigenvalue weighted by molar-refractivity contribution is 0.0934. The fourth-order valence-corrected chi connectivity index (χ4v) is 4.46. The van der Waals surface area contributed by atoms with Crippen LogP contribution in [0.15, 0.2) is 42.5 Å². The topological polar surface area (TPSA) is 41.6 Å². The van der Waals surface area contributed by atoms with Gasteiger partial charge in [0.15, 0.2) is 0 Å². The molecule has 0 saturated carbocycles. The Morgan fingerprint density at radius 1 is 1.22 bits per heavy atom. The van der Waals surface area contributed by atoms with Gasteiger partial charge in [0, 0.05) is 21.7 Å². The molecule has 1 aliphatic rings. The molecule has 27 heavy (non-hydrogen) atoms. The van der Waals surface area contributed by atoms with Crippen LogP contribution in [0, 0.1) is 9.49 Å². The predicted molar refractivity (Wildman–Crippen MR) is 117 cm³/mol. The molecule has 6 heteroatoms. The Morgan fingerprint density at radius 3 is 2.56 bits per heavy atom. The van der Waals surface area contributed by atoms with E-state index in [1.54, 1.807) is 19.2 Å². The maximum atomic E-state index is 12.4. The number of rotatable bonds is 6. The molecule has 2 aromatic rings. The first-order valence-corrected chi connectivity index (χ1v) is 10.6. The molecule has 0 radical (unpaired) electrons. The van der Waals surface area contributed by atoms with E-state index in [9.17, 15) is 4.79 Å². The van der Waals surface area contributed by atoms with E-state index in [2.05, 4.69) is 44.9 Å². The van der Waals surface area contributed by atoms with Crippen molar-refractivity contribution < 1.29 is 9.53 Å². The minimum Gasteiger partial charge on any atom is -0.497 e. The number of halogens is 2. The minimum absolute atomic E-state index is 0.0169. The monoisotopic (exact) mass is 498 g/mol. The van der Waals surface area contributed by atoms with Crippen molar-refractivity contribution in [2.24, 2.45) is 5.92 Å². The third-order valence-corrected chi connectivity index (χ3v) is 6.13. The maximum Gasteiger partial charge on any atom is 0.252 e. The van der Waals surface area contributed by atoms with Crippen molar-refractivity contribution in [1.29, 1.82) is 0 Å². The number of carbonyl (C=O) groups excluding carboxylic acids is 1. The molecule has 1 saturated heterocycles. The van der Waals surface area contributed by atoms with Gasteiger partial charge in [0.2, 0.25) is 0 Å². The standard InChI is InChI=1S/C21H24ClIN2O2/c1-27-18-5-2-16(3-6-18)14-25-10-8-15(9-11-25)13-24-21(26)19-7-4-17(22)12-20(19)23/h2-7,12,15H,8-11,13-14H2,1H3,(H,24,26). The molecule has 0 aromatic heterocycles. The summed E-state index contributed by atoms with van der Waals surface area (Å²) in [6, 6.07) is 13.6. The Morgan fingerprint density at radius 2 is 1.93 bits per heavy atom. The summed E-state index contributed by atoms with van der Waals surface area (Å²) in [5, 5.41) is 3.74. The molecule has 1 heterocycles. The fraction of sp³-hybridized carbons (Fsp3) is 0.381. The van der Waals surface area contributed by atoms with Gasteiger partial charge in [-0.25, -0.2) is 0 Å². The van der Waals surface area contributed by atoms with E-state index in [0.717, 1.165) is 48.3 Å². The molecule has 1 amide bonds. The second kappa shape index (κ2) is 9.75. The Hall–Kier alpha value is -1.31. The van der Waals surface area contributed by atoms with Gasteiger partial charge in [0.05, 0.1) is 12.7 Å². The van der Waals surface area contributed by atoms with Gasteiger partial charge in [-0.3, -0.25) is 9.69 Å². The lowest BCUT2D eigenvalue weighted by atomic mass is 9.96. The Labute approximate surface area is 179 Å². The molecule has 1 aliphatic heterocycles. The van der Waals surface area contributed by atoms with Gasteiger partial charge in [-0.15, -0.1) is 0 Å². The number of nitrogens with one attached hydrogen (secondary N) is 1. The summed E-state index contributed by atoms with van der Waals surface area (Å²) in [6.07, 6.45) is 2.21. The summed E-state index contributed by atoms with van der Waals surface area (Å²) in [5.74, 6) is 1.41. The van der Waals surface area contributed by atoms with Gasteiger partial charge >= 0.3 is 0 Å². The van der Waals surface area contributed by atoms with Crippen molar-refractivity contribution in [2.45, 2.75) is 19.4 Å². The van der Waals surface area contributed by atoms with Crippen LogP contribution < -0.4 is 10.1 Å². The second-order valence-electron chi connectivity index (χ2n) is 6.90. The number of benzene rings is 2. The smallest absolute Gasteiger partial charge is 0.252 e. The highest BCUT2D eigenvalue weighted by Crippen LogP contribution is 2.21. The first-order chi connectivity index (χ1) is 13.0. The number of likely N-dealkylation sites (tertiary alicyclic amines) is 1. The zero-order valence-corrected chi connectivity index (χ0v) is 18.3. The summed E-state index contributed by atoms with van der Waals surface area (Å²) in [4.78, 5) is 14.9. The highest BCUT2D eigenvalue weighted by molar-refractivity contribution is 14.1. The predicted octanol–water partition coefficient (Wildman–Crippen LogP) is 4.60. The molecular weight excluding hydrogens is 475 g/mol. The Kier molecular flexibility index (Phi) is 7.38. The summed E-state index contributed by atoms with van der Waals surface area (Å²) >= 11 is 8.11. The van der Waals surface area contributed by atoms with Crippen LogP contribution in [-0.2, 0) is 6.54 Å². The average molecular weight is 499 g/mol. The molecule has 0 spiro atoms. The largest absolute Gasteiger partial charge is 0.497 e. The van der Waals surface area contributed by atoms with E-state index in [0.29, 0.717) is 16.5 Å². The highest BCUT2D eigenvalue weighted by Gasteiger charge is 2.20. The van der Waals surface area contributed by atoms with E-state index < -0.39 is 0 Å². The lowest BCUT2D eigenvalue weighted by Gasteiger charge is -2.32. The zero-order chi connectivity index (χ0) is 19.2. The van der Waals surface area contributed by atoms with E-state index in [4.69, 9.17) is 16.3 Å². The van der Waals surface area contributed by atoms with Crippen LogP contribution in [0.3, 0.4) is 0 Å². The number of ether oxygens (including phenoxy) is 1. The molecule has 2 aromatic carbocycles. The summed E-state index contributed by atoms with van der Waals surface area (Å²) in [7, 11) is 1.69. The molecule has 1 fully saturated rings. The molecule has 0 atom stereocenters. The van der Waals surface area contributed by atoms with Crippen LogP contribution in [-0.4, -0.2) is 37.6 Å². The average Bonchev–Trinajstić information content (AvgIpc) is 2.68. The zero-order valence-electron chi connectivity index (χ0n) is 15.4. The summed E-state index contributed by atoms with van der Waals surface area (Å²) < 4.78 is 6.09. The van der Waals surface area contributed by atoms with Crippen LogP contribution in [0.2, 0.25) is 5.02 Å². The molecule has 3 rings (SSSR count). The van der Waals surface area contributed by atoms with Crippen molar-refractivity contribution in [1.82, 2.24) is 10.2 Å². The molecule has 1 N–H and O–H groups in total. The van der Waals surface area contributed by atoms with Crippen LogP contribution >= 0.6 is 34.2 Å². The number of methoxy groups -OCH3 is 1. The quantitative estimate of drug-likeness (QED) is 0.592. The van der Waals surface area contributed by atoms with Crippen molar-refractivity contribution in [3.63, 3.8) is 0 Å². The van der Waals surface area contributed by atoms with Crippen LogP contribution in [0.1, 0.15) is 28.8 Å². The van der Waals surface area contributed by atoms with Gasteiger partial charge < -0.3 is 10.1 Å². The molecule has 144 valence electrons. The molecule has 0 bridgehead atoms. The van der Waals surface area contributed by atoms with Crippen molar-refractivity contribution >= 4 is 40.1 Å². The molecule has 4 nitrogen and oxygen atoms in total. The number of hydrogen-bond acceptors (Lipinski definition) is 3. The van der Waals surface area contributed by atoms with Gasteiger partial charge in [-0.05, 0) is 90.3 Å². The Balaban J connectivity index is 1.43. The van der Waals surface area contributed by atoms with Gasteiger partial charge in [-0.1, -0.05) is 23.7 Å². The van der Waals surface area contributed by atoms with E-state index in [-0.39, 0.29) is 5.91 Å². The van der Waals surface area contributed by atoms with Gasteiger partial charge in [-0.2, -0.15) is 0 Å². The van der Waals surface area contributed by atoms with Crippen LogP contribution in [0.25, 0.3) is 0 Å². The van der Waals surface area contributed by atoms with E-state index in [1.807, 2.05) is 18.2 Å². The molecule has 0 unspecified atom stereocenters. The van der Waals surface area contributed by atoms with Crippen molar-refractivity contribution in [3.8, 4) is 5.75 Å². The summed E-state index contributed by atoms with van der Waals surface area (Å²) in [5.41, 5.74) is 2.00. The van der Waals surface area contributed by atoms with Crippen molar-refractivity contribution in [2.75, 3.05) is 26.7 Å². The lowest BCUT2D eigenvalue weighted by Crippen LogP contribution is -2.38. The number of amides is 1. The second-order valence-corrected chi connectivity index (χ2v) is 8.50. The van der Waals surface area contributed by atoms with E-state index >= 15 is 0 Å². The SMILES string of the molecule is COc1ccc(CN2CCC(CNC(=O)c3ccc(Cl)cc3I)CC2)cc1. The molecular formula is C21H24ClIN2O2. The first kappa shape index (κ1) is 20.4. The minimum atomic E-state index is -0.0169. The van der Waals surface area contributed by atoms with E-state index in [1.165, 1.54) is 5.56 Å². The maximum absolute atomic E-state index is 12.4. The third-order valence-electron chi connectivity index (χ3n) is 5.00. The Bertz CT molecular complexity index is 774. The number of nitrogens with zero attached hydrogens (tertiary/aromatic N) is 1. The first-order valence-electron chi connectivity index (χ1n) is 9.13. The normalized spacial score (nSPS) is 15.5. The summed E-state index contributed by atoms with van der Waals surface area (Å²) in [6.45, 7) is 3.82. The highest BCUT2D eigenvalue weighted by atomic mass is 127. The van der Waals surface area contributed by atoms with Gasteiger partial charge in [0.1, 0.15) is 5.75 Å². The number of hydrogen-bond donors (Lipinski definition) is 1. The third kappa shape index (κ3) is 5.83. The molecule has 0 aliphatic carbocycles. The number of piperidine rings is 1. The van der Waals surface area contributed by atoms with Gasteiger partial charge in [0.25, 0.3) is 5.91 Å². The number of carbonyl (C=O) groups is 1.